The first-order chi connectivity index (χ1) is 15.1. The van der Waals surface area contributed by atoms with Crippen molar-refractivity contribution in [3.05, 3.63) is 100 Å². The lowest BCUT2D eigenvalue weighted by molar-refractivity contribution is -0.126. The first-order valence-electron chi connectivity index (χ1n) is 9.78. The Morgan fingerprint density at radius 3 is 2.77 bits per heavy atom. The van der Waals surface area contributed by atoms with Gasteiger partial charge in [-0.15, -0.1) is 17.9 Å². The maximum absolute atomic E-state index is 12.7. The molecule has 0 aliphatic heterocycles. The lowest BCUT2D eigenvalue weighted by Crippen LogP contribution is -2.29. The molecule has 0 unspecified atom stereocenters. The van der Waals surface area contributed by atoms with Gasteiger partial charge in [-0.05, 0) is 48.4 Å². The smallest absolute Gasteiger partial charge is 0.247 e. The number of nitrogens with zero attached hydrogens (tertiary/aromatic N) is 3. The zero-order chi connectivity index (χ0) is 22.1. The number of aromatic nitrogens is 1. The number of carbonyl (C=O) groups excluding carboxylic acids is 1. The molecule has 0 radical (unpaired) electrons. The van der Waals surface area contributed by atoms with Crippen LogP contribution in [-0.4, -0.2) is 22.3 Å². The van der Waals surface area contributed by atoms with Crippen molar-refractivity contribution in [2.75, 3.05) is 6.54 Å². The summed E-state index contributed by atoms with van der Waals surface area (Å²) in [7, 11) is 0. The Morgan fingerprint density at radius 1 is 1.29 bits per heavy atom. The number of rotatable bonds is 9. The van der Waals surface area contributed by atoms with Crippen molar-refractivity contribution < 1.29 is 9.53 Å². The Bertz CT molecular complexity index is 1110. The largest absolute Gasteiger partial charge is 0.487 e. The monoisotopic (exact) mass is 429 g/mol. The summed E-state index contributed by atoms with van der Waals surface area (Å²) in [5.74, 6) is 0.606. The highest BCUT2D eigenvalue weighted by Gasteiger charge is 2.10. The molecule has 2 aromatic carbocycles. The van der Waals surface area contributed by atoms with E-state index in [2.05, 4.69) is 17.6 Å². The number of nitriles is 1. The summed E-state index contributed by atoms with van der Waals surface area (Å²) in [6.07, 6.45) is 5.02. The van der Waals surface area contributed by atoms with Crippen LogP contribution in [0.1, 0.15) is 27.4 Å². The maximum atomic E-state index is 12.7. The second kappa shape index (κ2) is 10.9. The van der Waals surface area contributed by atoms with Crippen molar-refractivity contribution >= 4 is 23.3 Å². The van der Waals surface area contributed by atoms with Crippen molar-refractivity contribution in [1.29, 1.82) is 5.26 Å². The number of hydrogen-bond acceptors (Lipinski definition) is 5. The molecule has 1 aromatic heterocycles. The molecule has 3 rings (SSSR count). The van der Waals surface area contributed by atoms with E-state index >= 15 is 0 Å². The minimum atomic E-state index is -0.117. The van der Waals surface area contributed by atoms with Crippen LogP contribution in [0.25, 0.3) is 6.08 Å². The molecule has 0 spiro atoms. The Labute approximate surface area is 186 Å². The van der Waals surface area contributed by atoms with Crippen LogP contribution >= 0.6 is 11.3 Å². The molecule has 5 nitrogen and oxygen atoms in total. The van der Waals surface area contributed by atoms with Crippen molar-refractivity contribution in [3.63, 3.8) is 0 Å². The molecule has 156 valence electrons. The zero-order valence-electron chi connectivity index (χ0n) is 17.3. The van der Waals surface area contributed by atoms with Gasteiger partial charge in [-0.2, -0.15) is 5.26 Å². The van der Waals surface area contributed by atoms with Crippen LogP contribution in [0.4, 0.5) is 0 Å². The molecule has 31 heavy (non-hydrogen) atoms. The molecule has 0 aliphatic rings. The zero-order valence-corrected chi connectivity index (χ0v) is 18.1. The van der Waals surface area contributed by atoms with E-state index < -0.39 is 0 Å². The van der Waals surface area contributed by atoms with Crippen LogP contribution in [0.15, 0.2) is 72.6 Å². The van der Waals surface area contributed by atoms with Crippen LogP contribution in [-0.2, 0) is 17.9 Å². The van der Waals surface area contributed by atoms with Crippen molar-refractivity contribution in [1.82, 2.24) is 9.88 Å². The van der Waals surface area contributed by atoms with E-state index in [4.69, 9.17) is 10.00 Å². The Balaban J connectivity index is 1.63. The molecule has 0 atom stereocenters. The number of hydrogen-bond donors (Lipinski definition) is 0. The highest BCUT2D eigenvalue weighted by Crippen LogP contribution is 2.17. The van der Waals surface area contributed by atoms with E-state index in [0.29, 0.717) is 25.3 Å². The Morgan fingerprint density at radius 2 is 2.10 bits per heavy atom. The topological polar surface area (TPSA) is 66.2 Å². The van der Waals surface area contributed by atoms with Gasteiger partial charge in [0.05, 0.1) is 22.3 Å². The number of benzene rings is 2. The Hall–Kier alpha value is -3.69. The summed E-state index contributed by atoms with van der Waals surface area (Å²) in [5, 5.41) is 11.9. The lowest BCUT2D eigenvalue weighted by atomic mass is 10.1. The summed E-state index contributed by atoms with van der Waals surface area (Å²) < 4.78 is 5.82. The lowest BCUT2D eigenvalue weighted by Gasteiger charge is -2.19. The van der Waals surface area contributed by atoms with E-state index in [1.54, 1.807) is 46.6 Å². The van der Waals surface area contributed by atoms with Crippen LogP contribution in [0, 0.1) is 18.3 Å². The number of ether oxygens (including phenoxy) is 1. The number of carbonyl (C=O) groups is 1. The van der Waals surface area contributed by atoms with E-state index in [-0.39, 0.29) is 5.91 Å². The van der Waals surface area contributed by atoms with Gasteiger partial charge in [0.15, 0.2) is 0 Å². The summed E-state index contributed by atoms with van der Waals surface area (Å²) >= 11 is 1.60. The Kier molecular flexibility index (Phi) is 7.74. The SMILES string of the molecule is C=CCN(Cc1ccc(C#N)cc1)C(=O)/C=C/c1cccc(OCc2csc(C)n2)c1. The fourth-order valence-corrected chi connectivity index (χ4v) is 3.50. The molecule has 0 bridgehead atoms. The van der Waals surface area contributed by atoms with E-state index in [0.717, 1.165) is 27.6 Å². The summed E-state index contributed by atoms with van der Waals surface area (Å²) in [6.45, 7) is 7.00. The minimum absolute atomic E-state index is 0.117. The van der Waals surface area contributed by atoms with Gasteiger partial charge < -0.3 is 9.64 Å². The first kappa shape index (κ1) is 22.0. The fraction of sp³-hybridized carbons (Fsp3) is 0.160. The summed E-state index contributed by atoms with van der Waals surface area (Å²) in [5.41, 5.74) is 3.33. The molecular formula is C25H23N3O2S. The molecule has 1 amide bonds. The third-order valence-electron chi connectivity index (χ3n) is 4.45. The molecule has 1 heterocycles. The van der Waals surface area contributed by atoms with Gasteiger partial charge in [0, 0.05) is 24.5 Å². The number of aryl methyl sites for hydroxylation is 1. The molecule has 3 aromatic rings. The van der Waals surface area contributed by atoms with Gasteiger partial charge >= 0.3 is 0 Å². The van der Waals surface area contributed by atoms with Gasteiger partial charge in [-0.25, -0.2) is 4.98 Å². The predicted octanol–water partition coefficient (Wildman–Crippen LogP) is 5.13. The summed E-state index contributed by atoms with van der Waals surface area (Å²) in [4.78, 5) is 18.8. The fourth-order valence-electron chi connectivity index (χ4n) is 2.91. The van der Waals surface area contributed by atoms with Gasteiger partial charge in [0.25, 0.3) is 0 Å². The van der Waals surface area contributed by atoms with Crippen molar-refractivity contribution in [2.45, 2.75) is 20.1 Å². The third-order valence-corrected chi connectivity index (χ3v) is 5.27. The van der Waals surface area contributed by atoms with Crippen LogP contribution in [0.5, 0.6) is 5.75 Å². The van der Waals surface area contributed by atoms with E-state index in [1.165, 1.54) is 0 Å². The third kappa shape index (κ3) is 6.66. The quantitative estimate of drug-likeness (QED) is 0.349. The van der Waals surface area contributed by atoms with Gasteiger partial charge in [-0.3, -0.25) is 4.79 Å². The maximum Gasteiger partial charge on any atom is 0.247 e. The molecule has 0 aliphatic carbocycles. The molecule has 0 fully saturated rings. The van der Waals surface area contributed by atoms with E-state index in [1.807, 2.05) is 48.7 Å². The molecule has 0 N–H and O–H groups in total. The standard InChI is InChI=1S/C25H23N3O2S/c1-3-13-28(16-22-9-7-21(15-26)8-10-22)25(29)12-11-20-5-4-6-24(14-20)30-17-23-18-31-19(2)27-23/h3-12,14,18H,1,13,16-17H2,2H3/b12-11+. The van der Waals surface area contributed by atoms with Crippen molar-refractivity contribution in [2.24, 2.45) is 0 Å². The van der Waals surface area contributed by atoms with Gasteiger partial charge in [0.2, 0.25) is 5.91 Å². The molecule has 6 heteroatoms. The average Bonchev–Trinajstić information content (AvgIpc) is 3.21. The van der Waals surface area contributed by atoms with Gasteiger partial charge in [-0.1, -0.05) is 30.3 Å². The van der Waals surface area contributed by atoms with Crippen LogP contribution < -0.4 is 4.74 Å². The average molecular weight is 430 g/mol. The second-order valence-electron chi connectivity index (χ2n) is 6.87. The number of amides is 1. The van der Waals surface area contributed by atoms with Gasteiger partial charge in [0.1, 0.15) is 12.4 Å². The molecular weight excluding hydrogens is 406 g/mol. The van der Waals surface area contributed by atoms with E-state index in [9.17, 15) is 4.79 Å². The van der Waals surface area contributed by atoms with Crippen LogP contribution in [0.2, 0.25) is 0 Å². The minimum Gasteiger partial charge on any atom is -0.487 e. The number of thiazole rings is 1. The van der Waals surface area contributed by atoms with Crippen molar-refractivity contribution in [3.8, 4) is 11.8 Å². The summed E-state index contributed by atoms with van der Waals surface area (Å²) in [6, 6.07) is 16.9. The highest BCUT2D eigenvalue weighted by atomic mass is 32.1. The molecule has 0 saturated carbocycles. The van der Waals surface area contributed by atoms with Crippen LogP contribution in [0.3, 0.4) is 0 Å². The highest BCUT2D eigenvalue weighted by molar-refractivity contribution is 7.09. The second-order valence-corrected chi connectivity index (χ2v) is 7.93. The first-order valence-corrected chi connectivity index (χ1v) is 10.7. The molecule has 0 saturated heterocycles. The normalized spacial score (nSPS) is 10.6. The predicted molar refractivity (Wildman–Crippen MR) is 123 cm³/mol.